The maximum Gasteiger partial charge on any atom is 0.240 e. The summed E-state index contributed by atoms with van der Waals surface area (Å²) in [5.41, 5.74) is 7.10. The number of carbonyl (C=O) groups is 1. The van der Waals surface area contributed by atoms with E-state index in [0.29, 0.717) is 11.6 Å². The van der Waals surface area contributed by atoms with Crippen LogP contribution in [0.4, 0.5) is 10.1 Å². The molecule has 0 bridgehead atoms. The summed E-state index contributed by atoms with van der Waals surface area (Å²) >= 11 is 1.36. The Hall–Kier alpha value is -2.87. The molecule has 1 aliphatic rings. The van der Waals surface area contributed by atoms with Gasteiger partial charge in [0.2, 0.25) is 11.1 Å². The monoisotopic (exact) mass is 411 g/mol. The lowest BCUT2D eigenvalue weighted by Gasteiger charge is -2.33. The number of fused-ring (bicyclic) bond motifs is 1. The average Bonchev–Trinajstić information content (AvgIpc) is 3.09. The van der Waals surface area contributed by atoms with E-state index in [0.717, 1.165) is 28.2 Å². The van der Waals surface area contributed by atoms with Crippen LogP contribution in [0.15, 0.2) is 47.6 Å². The molecule has 0 radical (unpaired) electrons. The highest BCUT2D eigenvalue weighted by Crippen LogP contribution is 2.37. The molecule has 0 unspecified atom stereocenters. The highest BCUT2D eigenvalue weighted by molar-refractivity contribution is 8.00. The lowest BCUT2D eigenvalue weighted by Crippen LogP contribution is -2.41. The van der Waals surface area contributed by atoms with Crippen LogP contribution in [0.1, 0.15) is 35.5 Å². The number of anilines is 1. The number of carbonyl (C=O) groups excluding carboxylic acids is 1. The minimum atomic E-state index is -0.498. The fourth-order valence-corrected chi connectivity index (χ4v) is 4.61. The van der Waals surface area contributed by atoms with E-state index in [4.69, 9.17) is 0 Å². The summed E-state index contributed by atoms with van der Waals surface area (Å²) in [6.07, 6.45) is 0.704. The van der Waals surface area contributed by atoms with E-state index in [1.807, 2.05) is 37.6 Å². The van der Waals surface area contributed by atoms with E-state index in [1.54, 1.807) is 12.1 Å². The molecule has 150 valence electrons. The number of hydrogen-bond donors (Lipinski definition) is 2. The number of halogens is 1. The van der Waals surface area contributed by atoms with Crippen LogP contribution >= 0.6 is 11.8 Å². The summed E-state index contributed by atoms with van der Waals surface area (Å²) in [5, 5.41) is 11.6. The van der Waals surface area contributed by atoms with Gasteiger partial charge in [0.05, 0.1) is 6.04 Å². The maximum atomic E-state index is 13.5. The summed E-state index contributed by atoms with van der Waals surface area (Å²) in [5.74, 6) is 0.328. The topological polar surface area (TPSA) is 71.8 Å². The SMILES string of the molecule is CCc1nnc2n1N[C@@H](c1ccc(F)cc1)[C@@H](C(=O)Nc1cc(C)cc(C)c1)S2. The molecule has 2 aromatic carbocycles. The molecule has 2 atom stereocenters. The lowest BCUT2D eigenvalue weighted by molar-refractivity contribution is -0.116. The Bertz CT molecular complexity index is 1030. The first-order valence-electron chi connectivity index (χ1n) is 9.46. The number of benzene rings is 2. The van der Waals surface area contributed by atoms with Gasteiger partial charge < -0.3 is 10.7 Å². The minimum Gasteiger partial charge on any atom is -0.325 e. The molecule has 1 aromatic heterocycles. The second kappa shape index (κ2) is 7.87. The summed E-state index contributed by atoms with van der Waals surface area (Å²) in [7, 11) is 0. The van der Waals surface area contributed by atoms with Gasteiger partial charge in [-0.2, -0.15) is 0 Å². The molecule has 0 saturated heterocycles. The molecule has 1 aliphatic heterocycles. The van der Waals surface area contributed by atoms with Crippen LogP contribution < -0.4 is 10.7 Å². The van der Waals surface area contributed by atoms with Crippen molar-refractivity contribution in [2.45, 2.75) is 43.6 Å². The van der Waals surface area contributed by atoms with Crippen LogP contribution in [-0.2, 0) is 11.2 Å². The van der Waals surface area contributed by atoms with Gasteiger partial charge in [0, 0.05) is 12.1 Å². The van der Waals surface area contributed by atoms with Gasteiger partial charge >= 0.3 is 0 Å². The minimum absolute atomic E-state index is 0.144. The summed E-state index contributed by atoms with van der Waals surface area (Å²) < 4.78 is 15.3. The predicted octanol–water partition coefficient (Wildman–Crippen LogP) is 3.99. The van der Waals surface area contributed by atoms with E-state index < -0.39 is 5.25 Å². The zero-order valence-electron chi connectivity index (χ0n) is 16.4. The number of thioether (sulfide) groups is 1. The Morgan fingerprint density at radius 1 is 1.17 bits per heavy atom. The van der Waals surface area contributed by atoms with Crippen LogP contribution in [0.2, 0.25) is 0 Å². The first kappa shape index (κ1) is 19.4. The Labute approximate surface area is 172 Å². The van der Waals surface area contributed by atoms with Gasteiger partial charge in [0.15, 0.2) is 5.82 Å². The molecule has 4 rings (SSSR count). The molecule has 29 heavy (non-hydrogen) atoms. The summed E-state index contributed by atoms with van der Waals surface area (Å²) in [6.45, 7) is 5.99. The van der Waals surface area contributed by atoms with Crippen molar-refractivity contribution >= 4 is 23.4 Å². The van der Waals surface area contributed by atoms with E-state index in [2.05, 4.69) is 27.0 Å². The number of aromatic nitrogens is 3. The highest BCUT2D eigenvalue weighted by Gasteiger charge is 2.37. The van der Waals surface area contributed by atoms with E-state index in [-0.39, 0.29) is 17.8 Å². The van der Waals surface area contributed by atoms with Crippen LogP contribution in [0.25, 0.3) is 0 Å². The highest BCUT2D eigenvalue weighted by atomic mass is 32.2. The van der Waals surface area contributed by atoms with Crippen molar-refractivity contribution < 1.29 is 9.18 Å². The fraction of sp³-hybridized carbons (Fsp3) is 0.286. The number of rotatable bonds is 4. The van der Waals surface area contributed by atoms with Crippen molar-refractivity contribution in [3.05, 3.63) is 70.8 Å². The Morgan fingerprint density at radius 3 is 2.52 bits per heavy atom. The zero-order valence-corrected chi connectivity index (χ0v) is 17.3. The third-order valence-electron chi connectivity index (χ3n) is 4.80. The molecule has 0 fully saturated rings. The van der Waals surface area contributed by atoms with Gasteiger partial charge in [-0.15, -0.1) is 10.2 Å². The van der Waals surface area contributed by atoms with Crippen molar-refractivity contribution in [2.24, 2.45) is 0 Å². The van der Waals surface area contributed by atoms with Crippen LogP contribution in [-0.4, -0.2) is 26.0 Å². The second-order valence-corrected chi connectivity index (χ2v) is 8.26. The zero-order chi connectivity index (χ0) is 20.5. The number of nitrogens with zero attached hydrogens (tertiary/aromatic N) is 3. The molecule has 0 saturated carbocycles. The number of amides is 1. The second-order valence-electron chi connectivity index (χ2n) is 7.15. The van der Waals surface area contributed by atoms with E-state index >= 15 is 0 Å². The third kappa shape index (κ3) is 3.98. The van der Waals surface area contributed by atoms with Gasteiger partial charge in [0.1, 0.15) is 11.1 Å². The van der Waals surface area contributed by atoms with Crippen molar-refractivity contribution in [3.8, 4) is 0 Å². The molecule has 2 N–H and O–H groups in total. The quantitative estimate of drug-likeness (QED) is 0.679. The smallest absolute Gasteiger partial charge is 0.240 e. The number of aryl methyl sites for hydroxylation is 3. The largest absolute Gasteiger partial charge is 0.325 e. The average molecular weight is 412 g/mol. The summed E-state index contributed by atoms with van der Waals surface area (Å²) in [6, 6.07) is 11.8. The van der Waals surface area contributed by atoms with Gasteiger partial charge in [-0.1, -0.05) is 36.9 Å². The van der Waals surface area contributed by atoms with Crippen molar-refractivity contribution in [2.75, 3.05) is 10.7 Å². The predicted molar refractivity (Wildman–Crippen MR) is 112 cm³/mol. The van der Waals surface area contributed by atoms with E-state index in [1.165, 1.54) is 23.9 Å². The molecule has 1 amide bonds. The molecule has 0 aliphatic carbocycles. The van der Waals surface area contributed by atoms with Gasteiger partial charge in [-0.25, -0.2) is 9.07 Å². The standard InChI is InChI=1S/C21H22FN5OS/c1-4-17-24-25-21-27(17)26-18(14-5-7-15(22)8-6-14)19(29-21)20(28)23-16-10-12(2)9-13(3)11-16/h5-11,18-19,26H,4H2,1-3H3,(H,23,28)/t18-,19-/m0/s1. The first-order chi connectivity index (χ1) is 13.9. The van der Waals surface area contributed by atoms with Crippen molar-refractivity contribution in [3.63, 3.8) is 0 Å². The molecular formula is C21H22FN5OS. The Kier molecular flexibility index (Phi) is 5.27. The summed E-state index contributed by atoms with van der Waals surface area (Å²) in [4.78, 5) is 13.2. The molecule has 8 heteroatoms. The molecule has 3 aromatic rings. The lowest BCUT2D eigenvalue weighted by atomic mass is 10.0. The maximum absolute atomic E-state index is 13.5. The fourth-order valence-electron chi connectivity index (χ4n) is 3.51. The van der Waals surface area contributed by atoms with Crippen molar-refractivity contribution in [1.29, 1.82) is 0 Å². The molecular weight excluding hydrogens is 389 g/mol. The number of nitrogens with one attached hydrogen (secondary N) is 2. The van der Waals surface area contributed by atoms with Crippen LogP contribution in [0.3, 0.4) is 0 Å². The molecule has 0 spiro atoms. The van der Waals surface area contributed by atoms with Crippen LogP contribution in [0, 0.1) is 19.7 Å². The number of hydrogen-bond acceptors (Lipinski definition) is 5. The van der Waals surface area contributed by atoms with Gasteiger partial charge in [-0.3, -0.25) is 4.79 Å². The van der Waals surface area contributed by atoms with E-state index in [9.17, 15) is 9.18 Å². The first-order valence-corrected chi connectivity index (χ1v) is 10.3. The van der Waals surface area contributed by atoms with Crippen LogP contribution in [0.5, 0.6) is 0 Å². The molecule has 2 heterocycles. The Balaban J connectivity index is 1.67. The Morgan fingerprint density at radius 2 is 1.86 bits per heavy atom. The van der Waals surface area contributed by atoms with Gasteiger partial charge in [-0.05, 0) is 54.8 Å². The normalized spacial score (nSPS) is 18.1. The van der Waals surface area contributed by atoms with Crippen molar-refractivity contribution in [1.82, 2.24) is 14.9 Å². The third-order valence-corrected chi connectivity index (χ3v) is 6.01. The molecule has 6 nitrogen and oxygen atoms in total. The van der Waals surface area contributed by atoms with Gasteiger partial charge in [0.25, 0.3) is 0 Å².